The Morgan fingerprint density at radius 2 is 1.96 bits per heavy atom. The third-order valence-corrected chi connectivity index (χ3v) is 4.97. The van der Waals surface area contributed by atoms with E-state index in [0.717, 1.165) is 35.4 Å². The van der Waals surface area contributed by atoms with Crippen LogP contribution in [0.2, 0.25) is 0 Å². The van der Waals surface area contributed by atoms with Crippen LogP contribution in [0.5, 0.6) is 5.75 Å². The lowest BCUT2D eigenvalue weighted by atomic mass is 10.1. The molecule has 5 heteroatoms. The van der Waals surface area contributed by atoms with Crippen LogP contribution in [0.4, 0.5) is 5.69 Å². The van der Waals surface area contributed by atoms with Crippen molar-refractivity contribution in [3.8, 4) is 5.75 Å². The highest BCUT2D eigenvalue weighted by molar-refractivity contribution is 5.87. The summed E-state index contributed by atoms with van der Waals surface area (Å²) in [5.74, 6) is 0.588. The van der Waals surface area contributed by atoms with Crippen LogP contribution in [-0.2, 0) is 11.2 Å². The molecule has 27 heavy (non-hydrogen) atoms. The lowest BCUT2D eigenvalue weighted by molar-refractivity contribution is -0.132. The Kier molecular flexibility index (Phi) is 5.49. The highest BCUT2D eigenvalue weighted by Gasteiger charge is 2.18. The molecule has 0 saturated carbocycles. The summed E-state index contributed by atoms with van der Waals surface area (Å²) in [6.45, 7) is 7.02. The number of likely N-dealkylation sites (N-methyl/N-ethyl adjacent to an activating group) is 2. The average Bonchev–Trinajstić information content (AvgIpc) is 3.00. The largest absolute Gasteiger partial charge is 0.483 e. The molecule has 2 aromatic carbocycles. The predicted octanol–water partition coefficient (Wildman–Crippen LogP) is 3.48. The summed E-state index contributed by atoms with van der Waals surface area (Å²) < 4.78 is 5.77. The summed E-state index contributed by atoms with van der Waals surface area (Å²) in [7, 11) is 3.75. The monoisotopic (exact) mass is 365 g/mol. The summed E-state index contributed by atoms with van der Waals surface area (Å²) in [4.78, 5) is 14.6. The van der Waals surface area contributed by atoms with E-state index in [2.05, 4.69) is 42.2 Å². The summed E-state index contributed by atoms with van der Waals surface area (Å²) in [6, 6.07) is 10.3. The van der Waals surface area contributed by atoms with Crippen molar-refractivity contribution in [1.82, 2.24) is 5.01 Å². The van der Waals surface area contributed by atoms with Gasteiger partial charge in [-0.15, -0.1) is 0 Å². The minimum atomic E-state index is -0.185. The van der Waals surface area contributed by atoms with E-state index in [1.165, 1.54) is 21.8 Å². The van der Waals surface area contributed by atoms with Gasteiger partial charge in [0.15, 0.2) is 6.61 Å². The number of aryl methyl sites for hydroxylation is 3. The molecule has 0 saturated heterocycles. The Morgan fingerprint density at radius 1 is 1.26 bits per heavy atom. The fourth-order valence-electron chi connectivity index (χ4n) is 3.58. The van der Waals surface area contributed by atoms with Crippen LogP contribution < -0.4 is 9.64 Å². The molecule has 1 aliphatic heterocycles. The SMILES string of the molecule is Cc1cc(C)c(OCC(=O)N(C)/N=C/c2cccc3c2CCN3C)c(C)c1. The van der Waals surface area contributed by atoms with Gasteiger partial charge in [-0.25, -0.2) is 5.01 Å². The van der Waals surface area contributed by atoms with Crippen molar-refractivity contribution in [3.63, 3.8) is 0 Å². The van der Waals surface area contributed by atoms with Gasteiger partial charge < -0.3 is 9.64 Å². The Labute approximate surface area is 161 Å². The number of carbonyl (C=O) groups is 1. The van der Waals surface area contributed by atoms with Gasteiger partial charge >= 0.3 is 0 Å². The Hall–Kier alpha value is -2.82. The Bertz CT molecular complexity index is 866. The predicted molar refractivity (Wildman–Crippen MR) is 110 cm³/mol. The van der Waals surface area contributed by atoms with Crippen molar-refractivity contribution in [2.24, 2.45) is 5.10 Å². The fraction of sp³-hybridized carbons (Fsp3) is 0.364. The van der Waals surface area contributed by atoms with Crippen molar-refractivity contribution < 1.29 is 9.53 Å². The minimum Gasteiger partial charge on any atom is -0.483 e. The first-order valence-electron chi connectivity index (χ1n) is 9.21. The second-order valence-electron chi connectivity index (χ2n) is 7.19. The van der Waals surface area contributed by atoms with E-state index < -0.39 is 0 Å². The Balaban J connectivity index is 1.64. The summed E-state index contributed by atoms with van der Waals surface area (Å²) in [5, 5.41) is 5.67. The van der Waals surface area contributed by atoms with Crippen LogP contribution in [0.3, 0.4) is 0 Å². The molecular weight excluding hydrogens is 338 g/mol. The fourth-order valence-corrected chi connectivity index (χ4v) is 3.58. The normalized spacial score (nSPS) is 13.1. The number of carbonyl (C=O) groups excluding carboxylic acids is 1. The zero-order valence-electron chi connectivity index (χ0n) is 16.7. The van der Waals surface area contributed by atoms with E-state index in [0.29, 0.717) is 0 Å². The summed E-state index contributed by atoms with van der Waals surface area (Å²) in [6.07, 6.45) is 2.76. The van der Waals surface area contributed by atoms with Crippen LogP contribution in [0.1, 0.15) is 27.8 Å². The molecule has 0 aliphatic carbocycles. The zero-order valence-corrected chi connectivity index (χ0v) is 16.7. The average molecular weight is 365 g/mol. The number of rotatable bonds is 5. The molecule has 2 aromatic rings. The van der Waals surface area contributed by atoms with Crippen molar-refractivity contribution in [3.05, 3.63) is 58.1 Å². The molecule has 1 aliphatic rings. The maximum Gasteiger partial charge on any atom is 0.280 e. The van der Waals surface area contributed by atoms with Crippen molar-refractivity contribution >= 4 is 17.8 Å². The maximum atomic E-state index is 12.4. The van der Waals surface area contributed by atoms with Crippen LogP contribution in [0, 0.1) is 20.8 Å². The molecule has 0 bridgehead atoms. The number of ether oxygens (including phenoxy) is 1. The second-order valence-corrected chi connectivity index (χ2v) is 7.19. The molecular formula is C22H27N3O2. The van der Waals surface area contributed by atoms with Gasteiger partial charge in [-0.2, -0.15) is 5.10 Å². The molecule has 5 nitrogen and oxygen atoms in total. The standard InChI is InChI=1S/C22H27N3O2/c1-15-11-16(2)22(17(3)12-15)27-14-21(26)25(5)23-13-18-7-6-8-20-19(18)9-10-24(20)4/h6-8,11-13H,9-10,14H2,1-5H3/b23-13+. The molecule has 1 heterocycles. The van der Waals surface area contributed by atoms with Gasteiger partial charge in [-0.1, -0.05) is 29.8 Å². The molecule has 0 fully saturated rings. The molecule has 1 amide bonds. The maximum absolute atomic E-state index is 12.4. The Morgan fingerprint density at radius 3 is 2.67 bits per heavy atom. The molecule has 0 unspecified atom stereocenters. The van der Waals surface area contributed by atoms with Crippen molar-refractivity contribution in [2.45, 2.75) is 27.2 Å². The van der Waals surface area contributed by atoms with E-state index in [9.17, 15) is 4.79 Å². The summed E-state index contributed by atoms with van der Waals surface area (Å²) in [5.41, 5.74) is 6.84. The van der Waals surface area contributed by atoms with Crippen LogP contribution in [0.25, 0.3) is 0 Å². The van der Waals surface area contributed by atoms with Gasteiger partial charge in [0.25, 0.3) is 5.91 Å². The molecule has 3 rings (SSSR count). The molecule has 0 radical (unpaired) electrons. The van der Waals surface area contributed by atoms with Crippen molar-refractivity contribution in [2.75, 3.05) is 32.1 Å². The minimum absolute atomic E-state index is 0.0335. The first-order chi connectivity index (χ1) is 12.9. The van der Waals surface area contributed by atoms with Gasteiger partial charge in [-0.3, -0.25) is 4.79 Å². The molecule has 142 valence electrons. The van der Waals surface area contributed by atoms with Crippen LogP contribution in [0.15, 0.2) is 35.4 Å². The van der Waals surface area contributed by atoms with E-state index in [1.54, 1.807) is 13.3 Å². The second kappa shape index (κ2) is 7.82. The van der Waals surface area contributed by atoms with E-state index >= 15 is 0 Å². The van der Waals surface area contributed by atoms with Gasteiger partial charge in [-0.05, 0) is 55.5 Å². The first kappa shape index (κ1) is 19.0. The van der Waals surface area contributed by atoms with Gasteiger partial charge in [0.1, 0.15) is 5.75 Å². The van der Waals surface area contributed by atoms with Crippen LogP contribution in [-0.4, -0.2) is 44.4 Å². The van der Waals surface area contributed by atoms with Crippen molar-refractivity contribution in [1.29, 1.82) is 0 Å². The molecule has 0 atom stereocenters. The first-order valence-corrected chi connectivity index (χ1v) is 9.21. The number of benzene rings is 2. The van der Waals surface area contributed by atoms with Gasteiger partial charge in [0.05, 0.1) is 6.21 Å². The van der Waals surface area contributed by atoms with E-state index in [4.69, 9.17) is 4.74 Å². The topological polar surface area (TPSA) is 45.1 Å². The molecule has 0 aromatic heterocycles. The van der Waals surface area contributed by atoms with Gasteiger partial charge in [0.2, 0.25) is 0 Å². The third kappa shape index (κ3) is 4.13. The number of amides is 1. The smallest absolute Gasteiger partial charge is 0.280 e. The lowest BCUT2D eigenvalue weighted by Gasteiger charge is -2.15. The summed E-state index contributed by atoms with van der Waals surface area (Å²) >= 11 is 0. The number of hydrazone groups is 1. The highest BCUT2D eigenvalue weighted by Crippen LogP contribution is 2.28. The number of nitrogens with zero attached hydrogens (tertiary/aromatic N) is 3. The highest BCUT2D eigenvalue weighted by atomic mass is 16.5. The number of fused-ring (bicyclic) bond motifs is 1. The number of hydrogen-bond acceptors (Lipinski definition) is 4. The quantitative estimate of drug-likeness (QED) is 0.602. The molecule has 0 spiro atoms. The van der Waals surface area contributed by atoms with Gasteiger partial charge in [0, 0.05) is 26.3 Å². The van der Waals surface area contributed by atoms with Crippen LogP contribution >= 0.6 is 0 Å². The lowest BCUT2D eigenvalue weighted by Crippen LogP contribution is -2.27. The number of hydrogen-bond donors (Lipinski definition) is 0. The number of anilines is 1. The van der Waals surface area contributed by atoms with E-state index in [-0.39, 0.29) is 12.5 Å². The zero-order chi connectivity index (χ0) is 19.6. The molecule has 0 N–H and O–H groups in total. The van der Waals surface area contributed by atoms with E-state index in [1.807, 2.05) is 26.0 Å². The third-order valence-electron chi connectivity index (χ3n) is 4.97.